The molecule has 46 heavy (non-hydrogen) atoms. The number of aromatic nitrogens is 2. The van der Waals surface area contributed by atoms with E-state index in [1.54, 1.807) is 36.6 Å². The predicted octanol–water partition coefficient (Wildman–Crippen LogP) is 7.53. The quantitative estimate of drug-likeness (QED) is 0.151. The van der Waals surface area contributed by atoms with Gasteiger partial charge >= 0.3 is 6.18 Å². The predicted molar refractivity (Wildman–Crippen MR) is 172 cm³/mol. The number of furan rings is 1. The molecule has 2 unspecified atom stereocenters. The molecule has 6 rings (SSSR count). The van der Waals surface area contributed by atoms with E-state index in [9.17, 15) is 26.7 Å². The summed E-state index contributed by atoms with van der Waals surface area (Å²) >= 11 is 7.87. The standard InChI is InChI=1S/C32H26ClF3N4O4S2/c1-17-16-44-26-8-6-20(14-22(17)26)46(42,43)39-15-23(29-24(33)7-9-28(37)40-29)27-12-18-4-3-5-21(30(18)45-27)25-13-19(10-11-38-25)31(2,41)32(34,35)36/h3-14,16,23,39,41H,15H2,1-2H3,(H2,37,40). The summed E-state index contributed by atoms with van der Waals surface area (Å²) < 4.78 is 76.6. The second-order valence-corrected chi connectivity index (χ2v) is 14.2. The van der Waals surface area contributed by atoms with Crippen LogP contribution in [0.3, 0.4) is 0 Å². The number of aliphatic hydroxyl groups is 1. The van der Waals surface area contributed by atoms with Crippen LogP contribution < -0.4 is 10.5 Å². The number of aryl methyl sites for hydroxylation is 1. The second kappa shape index (κ2) is 11.7. The van der Waals surface area contributed by atoms with Crippen molar-refractivity contribution >= 4 is 59.8 Å². The lowest BCUT2D eigenvalue weighted by Crippen LogP contribution is -2.39. The van der Waals surface area contributed by atoms with Crippen LogP contribution in [0.25, 0.3) is 32.3 Å². The lowest BCUT2D eigenvalue weighted by molar-refractivity contribution is -0.258. The third-order valence-electron chi connectivity index (χ3n) is 7.81. The first-order chi connectivity index (χ1) is 21.7. The Morgan fingerprint density at radius 3 is 2.65 bits per heavy atom. The molecule has 0 saturated carbocycles. The Morgan fingerprint density at radius 2 is 1.89 bits per heavy atom. The third-order valence-corrected chi connectivity index (χ3v) is 10.8. The van der Waals surface area contributed by atoms with Crippen LogP contribution in [0.5, 0.6) is 0 Å². The Kier molecular flexibility index (Phi) is 8.10. The number of nitrogens with one attached hydrogen (secondary N) is 1. The summed E-state index contributed by atoms with van der Waals surface area (Å²) in [4.78, 5) is 9.46. The van der Waals surface area contributed by atoms with Crippen LogP contribution in [0.15, 0.2) is 88.5 Å². The van der Waals surface area contributed by atoms with E-state index < -0.39 is 27.7 Å². The highest BCUT2D eigenvalue weighted by Gasteiger charge is 2.51. The molecule has 0 amide bonds. The molecule has 14 heteroatoms. The van der Waals surface area contributed by atoms with E-state index in [0.717, 1.165) is 17.0 Å². The number of fused-ring (bicyclic) bond motifs is 2. The third kappa shape index (κ3) is 5.84. The number of nitrogen functional groups attached to an aromatic ring is 1. The van der Waals surface area contributed by atoms with Gasteiger partial charge in [-0.2, -0.15) is 13.2 Å². The highest BCUT2D eigenvalue weighted by Crippen LogP contribution is 2.43. The van der Waals surface area contributed by atoms with Crippen LogP contribution in [0.4, 0.5) is 19.0 Å². The van der Waals surface area contributed by atoms with Gasteiger partial charge in [0.2, 0.25) is 10.0 Å². The minimum absolute atomic E-state index is 0.0502. The van der Waals surface area contributed by atoms with E-state index in [1.165, 1.54) is 35.7 Å². The average Bonchev–Trinajstić information content (AvgIpc) is 3.61. The molecule has 2 atom stereocenters. The fourth-order valence-electron chi connectivity index (χ4n) is 5.13. The first-order valence-corrected chi connectivity index (χ1v) is 16.5. The summed E-state index contributed by atoms with van der Waals surface area (Å²) in [7, 11) is -4.01. The van der Waals surface area contributed by atoms with Crippen molar-refractivity contribution < 1.29 is 31.1 Å². The maximum absolute atomic E-state index is 13.6. The Labute approximate surface area is 270 Å². The number of nitrogens with zero attached hydrogens (tertiary/aromatic N) is 2. The lowest BCUT2D eigenvalue weighted by Gasteiger charge is -2.26. The van der Waals surface area contributed by atoms with Gasteiger partial charge in [-0.25, -0.2) is 18.1 Å². The first-order valence-electron chi connectivity index (χ1n) is 13.8. The minimum atomic E-state index is -4.90. The molecule has 0 aliphatic rings. The second-order valence-electron chi connectivity index (χ2n) is 11.0. The van der Waals surface area contributed by atoms with Gasteiger partial charge in [0, 0.05) is 33.3 Å². The zero-order chi connectivity index (χ0) is 33.0. The summed E-state index contributed by atoms with van der Waals surface area (Å²) in [5.41, 5.74) is 5.03. The maximum Gasteiger partial charge on any atom is 0.421 e. The van der Waals surface area contributed by atoms with Crippen molar-refractivity contribution in [3.8, 4) is 11.3 Å². The molecular formula is C32H26ClF3N4O4S2. The van der Waals surface area contributed by atoms with Crippen molar-refractivity contribution in [1.82, 2.24) is 14.7 Å². The van der Waals surface area contributed by atoms with E-state index in [4.69, 9.17) is 21.8 Å². The molecule has 0 radical (unpaired) electrons. The number of anilines is 1. The number of nitrogens with two attached hydrogens (primary N) is 1. The van der Waals surface area contributed by atoms with Crippen molar-refractivity contribution in [2.45, 2.75) is 36.4 Å². The fraction of sp³-hybridized carbons (Fsp3) is 0.188. The van der Waals surface area contributed by atoms with Gasteiger partial charge in [0.15, 0.2) is 5.60 Å². The number of rotatable bonds is 8. The van der Waals surface area contributed by atoms with Crippen LogP contribution in [0.2, 0.25) is 5.02 Å². The largest absolute Gasteiger partial charge is 0.464 e. The number of sulfonamides is 1. The monoisotopic (exact) mass is 686 g/mol. The summed E-state index contributed by atoms with van der Waals surface area (Å²) in [5.74, 6) is -0.506. The molecule has 0 aliphatic carbocycles. The summed E-state index contributed by atoms with van der Waals surface area (Å²) in [6.45, 7) is 2.38. The van der Waals surface area contributed by atoms with Crippen LogP contribution in [0.1, 0.15) is 34.5 Å². The molecule has 2 aromatic carbocycles. The zero-order valence-electron chi connectivity index (χ0n) is 24.3. The smallest absolute Gasteiger partial charge is 0.421 e. The van der Waals surface area contributed by atoms with Gasteiger partial charge in [-0.05, 0) is 78.9 Å². The van der Waals surface area contributed by atoms with E-state index in [-0.39, 0.29) is 33.5 Å². The van der Waals surface area contributed by atoms with Crippen molar-refractivity contribution in [3.63, 3.8) is 0 Å². The number of hydrogen-bond donors (Lipinski definition) is 3. The molecule has 0 saturated heterocycles. The van der Waals surface area contributed by atoms with E-state index in [1.807, 2.05) is 19.1 Å². The average molecular weight is 687 g/mol. The first kappa shape index (κ1) is 32.0. The number of halogens is 4. The van der Waals surface area contributed by atoms with Crippen molar-refractivity contribution in [3.05, 3.63) is 106 Å². The van der Waals surface area contributed by atoms with Gasteiger partial charge in [0.1, 0.15) is 11.4 Å². The van der Waals surface area contributed by atoms with Gasteiger partial charge in [-0.3, -0.25) is 4.98 Å². The molecular weight excluding hydrogens is 661 g/mol. The van der Waals surface area contributed by atoms with Crippen molar-refractivity contribution in [2.75, 3.05) is 12.3 Å². The molecule has 0 spiro atoms. The van der Waals surface area contributed by atoms with Gasteiger partial charge in [-0.1, -0.05) is 29.8 Å². The number of alkyl halides is 3. The van der Waals surface area contributed by atoms with Gasteiger partial charge in [0.25, 0.3) is 0 Å². The fourth-order valence-corrected chi connectivity index (χ4v) is 7.73. The van der Waals surface area contributed by atoms with E-state index >= 15 is 0 Å². The van der Waals surface area contributed by atoms with Crippen LogP contribution in [-0.4, -0.2) is 36.2 Å². The topological polar surface area (TPSA) is 131 Å². The molecule has 6 aromatic rings. The highest BCUT2D eigenvalue weighted by atomic mass is 35.5. The number of hydrogen-bond acceptors (Lipinski definition) is 8. The Balaban J connectivity index is 1.41. The van der Waals surface area contributed by atoms with Crippen molar-refractivity contribution in [2.24, 2.45) is 0 Å². The molecule has 4 heterocycles. The van der Waals surface area contributed by atoms with Gasteiger partial charge < -0.3 is 15.3 Å². The molecule has 238 valence electrons. The summed E-state index contributed by atoms with van der Waals surface area (Å²) in [6, 6.07) is 17.2. The van der Waals surface area contributed by atoms with Crippen LogP contribution in [-0.2, 0) is 15.6 Å². The molecule has 4 N–H and O–H groups in total. The summed E-state index contributed by atoms with van der Waals surface area (Å²) in [6.07, 6.45) is -2.13. The maximum atomic E-state index is 13.6. The minimum Gasteiger partial charge on any atom is -0.464 e. The molecule has 8 nitrogen and oxygen atoms in total. The molecule has 0 bridgehead atoms. The number of thiophene rings is 1. The molecule has 0 aliphatic heterocycles. The lowest BCUT2D eigenvalue weighted by atomic mass is 9.94. The van der Waals surface area contributed by atoms with E-state index in [2.05, 4.69) is 14.7 Å². The normalized spacial score (nSPS) is 14.5. The van der Waals surface area contributed by atoms with Crippen molar-refractivity contribution in [1.29, 1.82) is 0 Å². The summed E-state index contributed by atoms with van der Waals surface area (Å²) in [5, 5.41) is 12.0. The Hall–Kier alpha value is -4.01. The van der Waals surface area contributed by atoms with Gasteiger partial charge in [-0.15, -0.1) is 11.3 Å². The Morgan fingerprint density at radius 1 is 1.11 bits per heavy atom. The van der Waals surface area contributed by atoms with Crippen LogP contribution in [0, 0.1) is 6.92 Å². The molecule has 4 aromatic heterocycles. The Bertz CT molecular complexity index is 2210. The highest BCUT2D eigenvalue weighted by molar-refractivity contribution is 7.89. The van der Waals surface area contributed by atoms with Crippen LogP contribution >= 0.6 is 22.9 Å². The molecule has 0 fully saturated rings. The van der Waals surface area contributed by atoms with E-state index in [0.29, 0.717) is 38.7 Å². The SMILES string of the molecule is Cc1coc2ccc(S(=O)(=O)NCC(c3cc4cccc(-c5cc(C(C)(O)C(F)(F)F)ccn5)c4s3)c3nc(N)ccc3Cl)cc12. The number of benzene rings is 2. The zero-order valence-corrected chi connectivity index (χ0v) is 26.7. The number of pyridine rings is 2. The van der Waals surface area contributed by atoms with Gasteiger partial charge in [0.05, 0.1) is 33.5 Å².